The molecule has 8 heteroatoms. The number of methoxy groups -OCH3 is 1. The monoisotopic (exact) mass is 479 g/mol. The zero-order valence-electron chi connectivity index (χ0n) is 19.3. The van der Waals surface area contributed by atoms with Gasteiger partial charge in [0.05, 0.1) is 23.3 Å². The van der Waals surface area contributed by atoms with Gasteiger partial charge in [-0.05, 0) is 43.0 Å². The summed E-state index contributed by atoms with van der Waals surface area (Å²) in [6.07, 6.45) is 4.25. The first-order valence-corrected chi connectivity index (χ1v) is 13.3. The summed E-state index contributed by atoms with van der Waals surface area (Å²) in [5.41, 5.74) is 1.48. The van der Waals surface area contributed by atoms with Gasteiger partial charge >= 0.3 is 0 Å². The molecule has 1 aliphatic carbocycles. The molecule has 1 amide bonds. The average Bonchev–Trinajstić information content (AvgIpc) is 3.68. The quantitative estimate of drug-likeness (QED) is 0.517. The maximum Gasteiger partial charge on any atom is 0.254 e. The maximum absolute atomic E-state index is 13.3. The van der Waals surface area contributed by atoms with Gasteiger partial charge in [0.1, 0.15) is 5.75 Å². The number of rotatable bonds is 7. The molecule has 178 valence electrons. The summed E-state index contributed by atoms with van der Waals surface area (Å²) in [6, 6.07) is 13.8. The van der Waals surface area contributed by atoms with Crippen LogP contribution in [0.15, 0.2) is 59.6 Å². The fourth-order valence-corrected chi connectivity index (χ4v) is 6.14. The van der Waals surface area contributed by atoms with E-state index in [1.807, 2.05) is 17.0 Å². The van der Waals surface area contributed by atoms with E-state index in [1.165, 1.54) is 20.0 Å². The highest BCUT2D eigenvalue weighted by Crippen LogP contribution is 2.31. The van der Waals surface area contributed by atoms with E-state index in [2.05, 4.69) is 9.88 Å². The van der Waals surface area contributed by atoms with Gasteiger partial charge < -0.3 is 9.64 Å². The van der Waals surface area contributed by atoms with Crippen molar-refractivity contribution < 1.29 is 17.9 Å². The number of pyridine rings is 1. The molecular weight excluding hydrogens is 450 g/mol. The van der Waals surface area contributed by atoms with Gasteiger partial charge in [0.25, 0.3) is 5.91 Å². The number of fused-ring (bicyclic) bond motifs is 1. The van der Waals surface area contributed by atoms with Crippen LogP contribution >= 0.6 is 0 Å². The molecule has 1 aliphatic heterocycles. The summed E-state index contributed by atoms with van der Waals surface area (Å²) in [4.78, 5) is 21.9. The highest BCUT2D eigenvalue weighted by atomic mass is 32.2. The number of para-hydroxylation sites is 1. The first-order chi connectivity index (χ1) is 16.4. The zero-order chi connectivity index (χ0) is 23.7. The van der Waals surface area contributed by atoms with Gasteiger partial charge in [-0.2, -0.15) is 0 Å². The van der Waals surface area contributed by atoms with Crippen molar-refractivity contribution in [1.29, 1.82) is 0 Å². The number of carbonyl (C=O) groups excluding carboxylic acids is 1. The maximum atomic E-state index is 13.3. The van der Waals surface area contributed by atoms with Gasteiger partial charge in [-0.3, -0.25) is 14.7 Å². The fraction of sp³-hybridized carbons (Fsp3) is 0.385. The standard InChI is InChI=1S/C26H29N3O4S/c1-33-23-16-21(26(30)29-14-12-28(13-15-29)17-19-7-8-19)9-10-22(23)18-34(31,32)24-6-2-4-20-5-3-11-27-25(20)24/h2-6,9-11,16,19H,7-8,12-15,17-18H2,1H3. The van der Waals surface area contributed by atoms with Crippen molar-refractivity contribution in [3.63, 3.8) is 0 Å². The topological polar surface area (TPSA) is 79.8 Å². The lowest BCUT2D eigenvalue weighted by Crippen LogP contribution is -2.49. The number of piperazine rings is 1. The van der Waals surface area contributed by atoms with Crippen LogP contribution in [0.2, 0.25) is 0 Å². The van der Waals surface area contributed by atoms with E-state index >= 15 is 0 Å². The lowest BCUT2D eigenvalue weighted by Gasteiger charge is -2.34. The lowest BCUT2D eigenvalue weighted by molar-refractivity contribution is 0.0631. The number of hydrogen-bond donors (Lipinski definition) is 0. The Morgan fingerprint density at radius 2 is 1.82 bits per heavy atom. The molecular formula is C26H29N3O4S. The van der Waals surface area contributed by atoms with Crippen molar-refractivity contribution in [2.24, 2.45) is 5.92 Å². The van der Waals surface area contributed by atoms with Crippen LogP contribution < -0.4 is 4.74 Å². The molecule has 34 heavy (non-hydrogen) atoms. The van der Waals surface area contributed by atoms with Crippen LogP contribution in [-0.2, 0) is 15.6 Å². The second-order valence-corrected chi connectivity index (χ2v) is 11.1. The predicted molar refractivity (Wildman–Crippen MR) is 131 cm³/mol. The smallest absolute Gasteiger partial charge is 0.254 e. The minimum atomic E-state index is -3.68. The predicted octanol–water partition coefficient (Wildman–Crippen LogP) is 3.39. The van der Waals surface area contributed by atoms with E-state index in [0.717, 1.165) is 30.9 Å². The summed E-state index contributed by atoms with van der Waals surface area (Å²) >= 11 is 0. The van der Waals surface area contributed by atoms with Crippen LogP contribution in [0.1, 0.15) is 28.8 Å². The summed E-state index contributed by atoms with van der Waals surface area (Å²) < 4.78 is 32.1. The van der Waals surface area contributed by atoms with Crippen LogP contribution in [0.4, 0.5) is 0 Å². The van der Waals surface area contributed by atoms with E-state index in [4.69, 9.17) is 4.74 Å². The normalized spacial score (nSPS) is 17.1. The molecule has 2 aliphatic rings. The Hall–Kier alpha value is -2.97. The Labute approximate surface area is 200 Å². The molecule has 2 aromatic carbocycles. The molecule has 0 unspecified atom stereocenters. The molecule has 3 aromatic rings. The second-order valence-electron chi connectivity index (χ2n) is 9.15. The third-order valence-electron chi connectivity index (χ3n) is 6.68. The van der Waals surface area contributed by atoms with Gasteiger partial charge in [0, 0.05) is 55.4 Å². The Balaban J connectivity index is 1.33. The Morgan fingerprint density at radius 1 is 1.06 bits per heavy atom. The minimum Gasteiger partial charge on any atom is -0.496 e. The van der Waals surface area contributed by atoms with Crippen LogP contribution in [0, 0.1) is 5.92 Å². The molecule has 2 fully saturated rings. The number of amides is 1. The SMILES string of the molecule is COc1cc(C(=O)N2CCN(CC3CC3)CC2)ccc1CS(=O)(=O)c1cccc2cccnc12. The number of hydrogen-bond acceptors (Lipinski definition) is 6. The number of ether oxygens (including phenoxy) is 1. The summed E-state index contributed by atoms with van der Waals surface area (Å²) in [5, 5.41) is 0.772. The third kappa shape index (κ3) is 4.79. The van der Waals surface area contributed by atoms with Crippen molar-refractivity contribution in [2.75, 3.05) is 39.8 Å². The molecule has 0 spiro atoms. The van der Waals surface area contributed by atoms with E-state index in [9.17, 15) is 13.2 Å². The minimum absolute atomic E-state index is 0.0444. The molecule has 0 bridgehead atoms. The van der Waals surface area contributed by atoms with Crippen molar-refractivity contribution in [3.8, 4) is 5.75 Å². The molecule has 1 saturated carbocycles. The molecule has 0 radical (unpaired) electrons. The van der Waals surface area contributed by atoms with Gasteiger partial charge in [-0.25, -0.2) is 8.42 Å². The van der Waals surface area contributed by atoms with Crippen LogP contribution in [0.3, 0.4) is 0 Å². The fourth-order valence-electron chi connectivity index (χ4n) is 4.59. The number of sulfone groups is 1. The first kappa shape index (κ1) is 22.8. The first-order valence-electron chi connectivity index (χ1n) is 11.7. The largest absolute Gasteiger partial charge is 0.496 e. The van der Waals surface area contributed by atoms with E-state index in [1.54, 1.807) is 42.6 Å². The van der Waals surface area contributed by atoms with Crippen molar-refractivity contribution >= 4 is 26.6 Å². The van der Waals surface area contributed by atoms with Crippen molar-refractivity contribution in [1.82, 2.24) is 14.8 Å². The van der Waals surface area contributed by atoms with Crippen molar-refractivity contribution in [2.45, 2.75) is 23.5 Å². The summed E-state index contributed by atoms with van der Waals surface area (Å²) in [6.45, 7) is 4.35. The van der Waals surface area contributed by atoms with Gasteiger partial charge in [-0.15, -0.1) is 0 Å². The number of carbonyl (C=O) groups is 1. The van der Waals surface area contributed by atoms with Crippen LogP contribution in [0.25, 0.3) is 10.9 Å². The van der Waals surface area contributed by atoms with Gasteiger partial charge in [0.15, 0.2) is 9.84 Å². The summed E-state index contributed by atoms with van der Waals surface area (Å²) in [5.74, 6) is 0.965. The highest BCUT2D eigenvalue weighted by Gasteiger charge is 2.28. The second kappa shape index (κ2) is 9.35. The number of nitrogens with zero attached hydrogens (tertiary/aromatic N) is 3. The van der Waals surface area contributed by atoms with Crippen LogP contribution in [-0.4, -0.2) is 68.9 Å². The molecule has 7 nitrogen and oxygen atoms in total. The van der Waals surface area contributed by atoms with E-state index in [0.29, 0.717) is 35.5 Å². The van der Waals surface area contributed by atoms with Gasteiger partial charge in [0.2, 0.25) is 0 Å². The van der Waals surface area contributed by atoms with E-state index < -0.39 is 9.84 Å². The van der Waals surface area contributed by atoms with Gasteiger partial charge in [-0.1, -0.05) is 24.3 Å². The molecule has 5 rings (SSSR count). The highest BCUT2D eigenvalue weighted by molar-refractivity contribution is 7.90. The zero-order valence-corrected chi connectivity index (χ0v) is 20.1. The summed E-state index contributed by atoms with van der Waals surface area (Å²) in [7, 11) is -2.18. The molecule has 0 atom stereocenters. The molecule has 0 N–H and O–H groups in total. The Kier molecular flexibility index (Phi) is 6.27. The average molecular weight is 480 g/mol. The third-order valence-corrected chi connectivity index (χ3v) is 8.37. The van der Waals surface area contributed by atoms with E-state index in [-0.39, 0.29) is 16.6 Å². The molecule has 2 heterocycles. The Bertz CT molecular complexity index is 1310. The van der Waals surface area contributed by atoms with Crippen LogP contribution in [0.5, 0.6) is 5.75 Å². The molecule has 1 saturated heterocycles. The Morgan fingerprint density at radius 3 is 2.56 bits per heavy atom. The van der Waals surface area contributed by atoms with Crippen molar-refractivity contribution in [3.05, 3.63) is 65.9 Å². The molecule has 1 aromatic heterocycles. The number of aromatic nitrogens is 1. The lowest BCUT2D eigenvalue weighted by atomic mass is 10.1. The number of benzene rings is 2.